The zero-order valence-electron chi connectivity index (χ0n) is 32.2. The molecule has 0 N–H and O–H groups in total. The molecule has 0 radical (unpaired) electrons. The smallest absolute Gasteiger partial charge is 0.145 e. The molecule has 0 atom stereocenters. The summed E-state index contributed by atoms with van der Waals surface area (Å²) in [4.78, 5) is 5.06. The van der Waals surface area contributed by atoms with Crippen LogP contribution in [0.3, 0.4) is 0 Å². The number of benzene rings is 9. The van der Waals surface area contributed by atoms with Gasteiger partial charge < -0.3 is 9.80 Å². The topological polar surface area (TPSA) is 6.48 Å². The highest BCUT2D eigenvalue weighted by Gasteiger charge is 2.43. The Bertz CT molecular complexity index is 2720. The summed E-state index contributed by atoms with van der Waals surface area (Å²) in [7, 11) is 0. The van der Waals surface area contributed by atoms with Crippen molar-refractivity contribution in [1.82, 2.24) is 0 Å². The zero-order valence-corrected chi connectivity index (χ0v) is 32.2. The first kappa shape index (κ1) is 35.0. The molecule has 58 heavy (non-hydrogen) atoms. The lowest BCUT2D eigenvalue weighted by molar-refractivity contribution is 0.526. The van der Waals surface area contributed by atoms with Crippen molar-refractivity contribution in [3.8, 4) is 22.3 Å². The Hall–Kier alpha value is -7.42. The lowest BCUT2D eigenvalue weighted by Gasteiger charge is -2.52. The number of hydrogen-bond donors (Lipinski definition) is 0. The molecule has 2 heteroatoms. The fourth-order valence-corrected chi connectivity index (χ4v) is 8.78. The Morgan fingerprint density at radius 3 is 1.17 bits per heavy atom. The number of fused-ring (bicyclic) bond motifs is 2. The van der Waals surface area contributed by atoms with E-state index < -0.39 is 5.66 Å². The van der Waals surface area contributed by atoms with Crippen LogP contribution in [0.2, 0.25) is 0 Å². The molecule has 1 aliphatic rings. The molecule has 9 aromatic rings. The molecule has 0 saturated heterocycles. The first-order valence-corrected chi connectivity index (χ1v) is 20.1. The van der Waals surface area contributed by atoms with Gasteiger partial charge in [-0.2, -0.15) is 0 Å². The number of anilines is 4. The van der Waals surface area contributed by atoms with Gasteiger partial charge in [-0.15, -0.1) is 0 Å². The summed E-state index contributed by atoms with van der Waals surface area (Å²) in [5, 5.41) is 5.00. The van der Waals surface area contributed by atoms with Crippen molar-refractivity contribution in [2.75, 3.05) is 9.80 Å². The molecule has 0 fully saturated rings. The summed E-state index contributed by atoms with van der Waals surface area (Å²) in [6, 6.07) is 81.2. The molecule has 276 valence electrons. The number of hydrogen-bond acceptors (Lipinski definition) is 2. The summed E-state index contributed by atoms with van der Waals surface area (Å²) in [5.41, 5.74) is 11.0. The number of rotatable bonds is 9. The number of para-hydroxylation sites is 2. The highest BCUT2D eigenvalue weighted by Crippen LogP contribution is 2.48. The molecule has 0 amide bonds. The predicted molar refractivity (Wildman–Crippen MR) is 247 cm³/mol. The molecular weight excluding hydrogens is 701 g/mol. The van der Waals surface area contributed by atoms with Gasteiger partial charge in [0.25, 0.3) is 0 Å². The van der Waals surface area contributed by atoms with Crippen molar-refractivity contribution in [1.29, 1.82) is 0 Å². The SMILES string of the molecule is C1=CC(N(c2ccccc2)c2ccc(-c3cccc4ccccc34)cc2)(N(c2ccccc2)c2ccc(-c3cccc4ccccc34)cc2)CC=C1c1ccccc1. The summed E-state index contributed by atoms with van der Waals surface area (Å²) in [6.45, 7) is 0. The van der Waals surface area contributed by atoms with Crippen LogP contribution in [0.5, 0.6) is 0 Å². The van der Waals surface area contributed by atoms with Gasteiger partial charge in [0.1, 0.15) is 5.66 Å². The van der Waals surface area contributed by atoms with Gasteiger partial charge in [-0.25, -0.2) is 0 Å². The molecule has 0 spiro atoms. The summed E-state index contributed by atoms with van der Waals surface area (Å²) in [5.74, 6) is 0. The number of nitrogens with zero attached hydrogens (tertiary/aromatic N) is 2. The minimum Gasteiger partial charge on any atom is -0.314 e. The van der Waals surface area contributed by atoms with E-state index in [-0.39, 0.29) is 0 Å². The Kier molecular flexibility index (Phi) is 9.21. The lowest BCUT2D eigenvalue weighted by Crippen LogP contribution is -2.57. The van der Waals surface area contributed by atoms with E-state index in [1.807, 2.05) is 0 Å². The highest BCUT2D eigenvalue weighted by atomic mass is 15.4. The van der Waals surface area contributed by atoms with Crippen molar-refractivity contribution in [3.05, 3.63) is 248 Å². The van der Waals surface area contributed by atoms with Gasteiger partial charge in [0, 0.05) is 29.2 Å². The van der Waals surface area contributed by atoms with Crippen LogP contribution in [-0.2, 0) is 0 Å². The van der Waals surface area contributed by atoms with Gasteiger partial charge in [-0.1, -0.05) is 188 Å². The first-order chi connectivity index (χ1) is 28.7. The van der Waals surface area contributed by atoms with Crippen molar-refractivity contribution in [2.24, 2.45) is 0 Å². The highest BCUT2D eigenvalue weighted by molar-refractivity contribution is 5.98. The van der Waals surface area contributed by atoms with Gasteiger partial charge in [-0.05, 0) is 110 Å². The fourth-order valence-electron chi connectivity index (χ4n) is 8.78. The normalized spacial score (nSPS) is 13.3. The summed E-state index contributed by atoms with van der Waals surface area (Å²) >= 11 is 0. The van der Waals surface area contributed by atoms with E-state index in [1.54, 1.807) is 0 Å². The largest absolute Gasteiger partial charge is 0.314 e. The maximum absolute atomic E-state index is 2.53. The third-order valence-corrected chi connectivity index (χ3v) is 11.5. The Balaban J connectivity index is 1.16. The second-order valence-electron chi connectivity index (χ2n) is 14.9. The molecule has 9 aromatic carbocycles. The quantitative estimate of drug-likeness (QED) is 0.136. The van der Waals surface area contributed by atoms with Crippen LogP contribution in [-0.4, -0.2) is 5.66 Å². The summed E-state index contributed by atoms with van der Waals surface area (Å²) < 4.78 is 0. The third-order valence-electron chi connectivity index (χ3n) is 11.5. The van der Waals surface area contributed by atoms with Gasteiger partial charge in [0.05, 0.1) is 0 Å². The third kappa shape index (κ3) is 6.45. The lowest BCUT2D eigenvalue weighted by atomic mass is 9.88. The molecule has 0 heterocycles. The zero-order chi connectivity index (χ0) is 38.7. The van der Waals surface area contributed by atoms with Crippen LogP contribution >= 0.6 is 0 Å². The molecular formula is C56H42N2. The van der Waals surface area contributed by atoms with E-state index >= 15 is 0 Å². The van der Waals surface area contributed by atoms with Crippen molar-refractivity contribution < 1.29 is 0 Å². The van der Waals surface area contributed by atoms with Crippen LogP contribution in [0.25, 0.3) is 49.4 Å². The van der Waals surface area contributed by atoms with Crippen LogP contribution in [0, 0.1) is 0 Å². The van der Waals surface area contributed by atoms with Crippen LogP contribution < -0.4 is 9.80 Å². The Morgan fingerprint density at radius 1 is 0.328 bits per heavy atom. The average molecular weight is 743 g/mol. The molecule has 0 aliphatic heterocycles. The minimum atomic E-state index is -0.692. The van der Waals surface area contributed by atoms with E-state index in [0.29, 0.717) is 6.42 Å². The standard InChI is InChI=1S/C56H42N2/c1-4-16-42(17-5-1)43-38-40-56(41-39-43,57(48-22-6-2-7-23-48)50-34-30-46(31-35-50)54-28-14-20-44-18-10-12-26-52(44)54)58(49-24-8-3-9-25-49)51-36-32-47(33-37-51)55-29-15-21-45-19-11-13-27-53(45)55/h1-40H,41H2. The maximum atomic E-state index is 2.53. The molecule has 0 bridgehead atoms. The second-order valence-corrected chi connectivity index (χ2v) is 14.9. The Labute approximate surface area is 340 Å². The molecule has 0 saturated carbocycles. The van der Waals surface area contributed by atoms with E-state index in [9.17, 15) is 0 Å². The van der Waals surface area contributed by atoms with Gasteiger partial charge >= 0.3 is 0 Å². The monoisotopic (exact) mass is 742 g/mol. The predicted octanol–water partition coefficient (Wildman–Crippen LogP) is 15.0. The number of allylic oxidation sites excluding steroid dienone is 2. The first-order valence-electron chi connectivity index (χ1n) is 20.1. The molecule has 2 nitrogen and oxygen atoms in total. The molecule has 10 rings (SSSR count). The van der Waals surface area contributed by atoms with Crippen LogP contribution in [0.1, 0.15) is 12.0 Å². The van der Waals surface area contributed by atoms with E-state index in [1.165, 1.54) is 54.9 Å². The van der Waals surface area contributed by atoms with Crippen molar-refractivity contribution in [2.45, 2.75) is 12.1 Å². The average Bonchev–Trinajstić information content (AvgIpc) is 3.30. The minimum absolute atomic E-state index is 0.692. The molecule has 1 aliphatic carbocycles. The maximum Gasteiger partial charge on any atom is 0.145 e. The van der Waals surface area contributed by atoms with Crippen molar-refractivity contribution >= 4 is 49.9 Å². The van der Waals surface area contributed by atoms with Gasteiger partial charge in [-0.3, -0.25) is 0 Å². The Morgan fingerprint density at radius 2 is 0.724 bits per heavy atom. The summed E-state index contributed by atoms with van der Waals surface area (Å²) in [6.07, 6.45) is 7.87. The fraction of sp³-hybridized carbons (Fsp3) is 0.0357. The van der Waals surface area contributed by atoms with E-state index in [2.05, 4.69) is 252 Å². The van der Waals surface area contributed by atoms with Crippen LogP contribution in [0.4, 0.5) is 22.7 Å². The van der Waals surface area contributed by atoms with E-state index in [4.69, 9.17) is 0 Å². The second kappa shape index (κ2) is 15.3. The van der Waals surface area contributed by atoms with Crippen LogP contribution in [0.15, 0.2) is 243 Å². The molecule has 0 unspecified atom stereocenters. The van der Waals surface area contributed by atoms with Crippen molar-refractivity contribution in [3.63, 3.8) is 0 Å². The van der Waals surface area contributed by atoms with E-state index in [0.717, 1.165) is 22.7 Å². The molecule has 0 aromatic heterocycles. The van der Waals surface area contributed by atoms with Gasteiger partial charge in [0.15, 0.2) is 0 Å². The van der Waals surface area contributed by atoms with Gasteiger partial charge in [0.2, 0.25) is 0 Å².